The molecule has 0 atom stereocenters. The minimum absolute atomic E-state index is 0.152. The van der Waals surface area contributed by atoms with Crippen molar-refractivity contribution in [3.63, 3.8) is 0 Å². The molecular formula is C20H21IN2O2. The van der Waals surface area contributed by atoms with Crippen LogP contribution < -0.4 is 4.74 Å². The molecule has 2 aromatic rings. The summed E-state index contributed by atoms with van der Waals surface area (Å²) in [4.78, 5) is 17.1. The molecule has 0 aromatic heterocycles. The summed E-state index contributed by atoms with van der Waals surface area (Å²) in [5, 5.41) is 0. The summed E-state index contributed by atoms with van der Waals surface area (Å²) < 4.78 is 6.60. The monoisotopic (exact) mass is 448 g/mol. The topological polar surface area (TPSA) is 32.8 Å². The Hall–Kier alpha value is -1.60. The van der Waals surface area contributed by atoms with Crippen molar-refractivity contribution in [2.45, 2.75) is 13.0 Å². The number of nitrogens with zero attached hydrogens (tertiary/aromatic N) is 2. The standard InChI is InChI=1S/C20H21IN2O2/c21-18-4-2-1-3-17(18)20(24)23-10-8-22(9-11-23)14-15-5-6-19-16(13-15)7-12-25-19/h1-6,13H,7-12,14H2. The SMILES string of the molecule is O=C(c1ccccc1I)N1CCN(Cc2ccc3c(c2)CCO3)CC1. The molecular weight excluding hydrogens is 427 g/mol. The van der Waals surface area contributed by atoms with Gasteiger partial charge in [0.2, 0.25) is 0 Å². The minimum Gasteiger partial charge on any atom is -0.493 e. The van der Waals surface area contributed by atoms with Crippen LogP contribution in [0.3, 0.4) is 0 Å². The Morgan fingerprint density at radius 1 is 1.08 bits per heavy atom. The fourth-order valence-corrected chi connectivity index (χ4v) is 4.13. The highest BCUT2D eigenvalue weighted by Crippen LogP contribution is 2.26. The number of rotatable bonds is 3. The summed E-state index contributed by atoms with van der Waals surface area (Å²) in [6, 6.07) is 14.3. The quantitative estimate of drug-likeness (QED) is 0.677. The molecule has 2 aliphatic rings. The summed E-state index contributed by atoms with van der Waals surface area (Å²) in [5.74, 6) is 1.19. The molecule has 0 N–H and O–H groups in total. The van der Waals surface area contributed by atoms with E-state index in [0.717, 1.165) is 60.6 Å². The maximum absolute atomic E-state index is 12.7. The lowest BCUT2D eigenvalue weighted by atomic mass is 10.1. The summed E-state index contributed by atoms with van der Waals surface area (Å²) in [6.07, 6.45) is 1.02. The van der Waals surface area contributed by atoms with E-state index in [1.54, 1.807) is 0 Å². The number of hydrogen-bond acceptors (Lipinski definition) is 3. The molecule has 25 heavy (non-hydrogen) atoms. The molecule has 0 radical (unpaired) electrons. The first-order valence-electron chi connectivity index (χ1n) is 8.71. The molecule has 0 bridgehead atoms. The van der Waals surface area contributed by atoms with Gasteiger partial charge in [-0.1, -0.05) is 24.3 Å². The lowest BCUT2D eigenvalue weighted by molar-refractivity contribution is 0.0627. The number of hydrogen-bond donors (Lipinski definition) is 0. The summed E-state index contributed by atoms with van der Waals surface area (Å²) in [6.45, 7) is 5.16. The second-order valence-corrected chi connectivity index (χ2v) is 7.75. The van der Waals surface area contributed by atoms with Crippen molar-refractivity contribution >= 4 is 28.5 Å². The van der Waals surface area contributed by atoms with Gasteiger partial charge in [-0.3, -0.25) is 9.69 Å². The number of piperazine rings is 1. The molecule has 0 unspecified atom stereocenters. The maximum atomic E-state index is 12.7. The van der Waals surface area contributed by atoms with Gasteiger partial charge in [-0.15, -0.1) is 0 Å². The first kappa shape index (κ1) is 16.8. The van der Waals surface area contributed by atoms with Crippen LogP contribution in [0.1, 0.15) is 21.5 Å². The third-order valence-corrected chi connectivity index (χ3v) is 5.86. The fourth-order valence-electron chi connectivity index (χ4n) is 3.51. The second-order valence-electron chi connectivity index (χ2n) is 6.59. The van der Waals surface area contributed by atoms with E-state index in [-0.39, 0.29) is 5.91 Å². The lowest BCUT2D eigenvalue weighted by Gasteiger charge is -2.35. The van der Waals surface area contributed by atoms with E-state index in [2.05, 4.69) is 45.7 Å². The van der Waals surface area contributed by atoms with Gasteiger partial charge in [0.15, 0.2) is 0 Å². The third kappa shape index (κ3) is 3.67. The van der Waals surface area contributed by atoms with Crippen LogP contribution in [0.15, 0.2) is 42.5 Å². The van der Waals surface area contributed by atoms with Crippen molar-refractivity contribution < 1.29 is 9.53 Å². The van der Waals surface area contributed by atoms with Gasteiger partial charge in [-0.2, -0.15) is 0 Å². The molecule has 2 heterocycles. The molecule has 130 valence electrons. The van der Waals surface area contributed by atoms with Crippen molar-refractivity contribution in [1.29, 1.82) is 0 Å². The van der Waals surface area contributed by atoms with Crippen LogP contribution in [-0.2, 0) is 13.0 Å². The molecule has 4 rings (SSSR count). The molecule has 1 fully saturated rings. The summed E-state index contributed by atoms with van der Waals surface area (Å²) >= 11 is 2.24. The Labute approximate surface area is 161 Å². The summed E-state index contributed by atoms with van der Waals surface area (Å²) in [7, 11) is 0. The molecule has 1 amide bonds. The number of fused-ring (bicyclic) bond motifs is 1. The van der Waals surface area contributed by atoms with E-state index >= 15 is 0 Å². The van der Waals surface area contributed by atoms with Crippen LogP contribution in [0.4, 0.5) is 0 Å². The van der Waals surface area contributed by atoms with Gasteiger partial charge in [-0.05, 0) is 51.9 Å². The number of ether oxygens (including phenoxy) is 1. The largest absolute Gasteiger partial charge is 0.493 e. The van der Waals surface area contributed by atoms with Crippen molar-refractivity contribution in [3.05, 3.63) is 62.7 Å². The Morgan fingerprint density at radius 3 is 2.68 bits per heavy atom. The highest BCUT2D eigenvalue weighted by atomic mass is 127. The van der Waals surface area contributed by atoms with Crippen LogP contribution in [0.2, 0.25) is 0 Å². The highest BCUT2D eigenvalue weighted by molar-refractivity contribution is 14.1. The Kier molecular flexibility index (Phi) is 4.94. The molecule has 2 aliphatic heterocycles. The zero-order valence-electron chi connectivity index (χ0n) is 14.1. The van der Waals surface area contributed by atoms with Gasteiger partial charge in [0.05, 0.1) is 12.2 Å². The average molecular weight is 448 g/mol. The van der Waals surface area contributed by atoms with Gasteiger partial charge in [0, 0.05) is 42.7 Å². The van der Waals surface area contributed by atoms with Crippen LogP contribution >= 0.6 is 22.6 Å². The molecule has 2 aromatic carbocycles. The Morgan fingerprint density at radius 2 is 1.88 bits per heavy atom. The van der Waals surface area contributed by atoms with Crippen LogP contribution in [0, 0.1) is 3.57 Å². The Balaban J connectivity index is 1.35. The number of carbonyl (C=O) groups excluding carboxylic acids is 1. The normalized spacial score (nSPS) is 17.2. The highest BCUT2D eigenvalue weighted by Gasteiger charge is 2.23. The van der Waals surface area contributed by atoms with E-state index in [4.69, 9.17) is 4.74 Å². The van der Waals surface area contributed by atoms with Crippen LogP contribution in [-0.4, -0.2) is 48.5 Å². The van der Waals surface area contributed by atoms with Crippen molar-refractivity contribution in [1.82, 2.24) is 9.80 Å². The second kappa shape index (κ2) is 7.33. The van der Waals surface area contributed by atoms with Crippen molar-refractivity contribution in [2.75, 3.05) is 32.8 Å². The first-order chi connectivity index (χ1) is 12.2. The molecule has 1 saturated heterocycles. The minimum atomic E-state index is 0.152. The smallest absolute Gasteiger partial charge is 0.255 e. The van der Waals surface area contributed by atoms with Gasteiger partial charge in [0.1, 0.15) is 5.75 Å². The number of benzene rings is 2. The molecule has 0 saturated carbocycles. The molecule has 0 spiro atoms. The van der Waals surface area contributed by atoms with E-state index < -0.39 is 0 Å². The van der Waals surface area contributed by atoms with E-state index in [9.17, 15) is 4.79 Å². The van der Waals surface area contributed by atoms with Gasteiger partial charge < -0.3 is 9.64 Å². The zero-order chi connectivity index (χ0) is 17.2. The zero-order valence-corrected chi connectivity index (χ0v) is 16.2. The predicted molar refractivity (Wildman–Crippen MR) is 106 cm³/mol. The average Bonchev–Trinajstić information content (AvgIpc) is 3.10. The van der Waals surface area contributed by atoms with E-state index in [0.29, 0.717) is 0 Å². The van der Waals surface area contributed by atoms with Crippen molar-refractivity contribution in [3.8, 4) is 5.75 Å². The first-order valence-corrected chi connectivity index (χ1v) is 9.79. The molecule has 4 nitrogen and oxygen atoms in total. The van der Waals surface area contributed by atoms with Gasteiger partial charge >= 0.3 is 0 Å². The summed E-state index contributed by atoms with van der Waals surface area (Å²) in [5.41, 5.74) is 3.47. The van der Waals surface area contributed by atoms with Gasteiger partial charge in [0.25, 0.3) is 5.91 Å². The fraction of sp³-hybridized carbons (Fsp3) is 0.350. The van der Waals surface area contributed by atoms with Crippen LogP contribution in [0.5, 0.6) is 5.75 Å². The van der Waals surface area contributed by atoms with Crippen LogP contribution in [0.25, 0.3) is 0 Å². The molecule has 0 aliphatic carbocycles. The lowest BCUT2D eigenvalue weighted by Crippen LogP contribution is -2.48. The van der Waals surface area contributed by atoms with E-state index in [1.807, 2.05) is 29.2 Å². The van der Waals surface area contributed by atoms with Gasteiger partial charge in [-0.25, -0.2) is 0 Å². The Bertz CT molecular complexity index is 785. The predicted octanol–water partition coefficient (Wildman–Crippen LogP) is 3.18. The maximum Gasteiger partial charge on any atom is 0.255 e. The third-order valence-electron chi connectivity index (χ3n) is 4.92. The van der Waals surface area contributed by atoms with E-state index in [1.165, 1.54) is 11.1 Å². The number of halogens is 1. The van der Waals surface area contributed by atoms with Crippen molar-refractivity contribution in [2.24, 2.45) is 0 Å². The number of carbonyl (C=O) groups is 1. The number of amides is 1. The molecule has 5 heteroatoms.